The molecule has 1 aromatic rings. The van der Waals surface area contributed by atoms with E-state index in [1.54, 1.807) is 6.33 Å². The predicted octanol–water partition coefficient (Wildman–Crippen LogP) is 1.69. The highest BCUT2D eigenvalue weighted by Crippen LogP contribution is 2.39. The zero-order valence-electron chi connectivity index (χ0n) is 8.30. The molecular formula is C10H17N3. The van der Waals surface area contributed by atoms with E-state index in [1.165, 1.54) is 18.5 Å². The van der Waals surface area contributed by atoms with E-state index in [-0.39, 0.29) is 0 Å². The summed E-state index contributed by atoms with van der Waals surface area (Å²) in [5, 5.41) is 3.54. The van der Waals surface area contributed by atoms with Gasteiger partial charge in [-0.15, -0.1) is 0 Å². The summed E-state index contributed by atoms with van der Waals surface area (Å²) < 4.78 is 0. The second kappa shape index (κ2) is 3.14. The number of aromatic nitrogens is 2. The van der Waals surface area contributed by atoms with Crippen molar-refractivity contribution in [2.45, 2.75) is 39.3 Å². The number of rotatable bonds is 3. The standard InChI is InChI=1S/C10H17N3/c1-10(2)4-3-9(10)12-6-8-5-11-7-13-8/h5,7,9,12H,3-4,6H2,1-2H3,(H,11,13). The molecule has 13 heavy (non-hydrogen) atoms. The first-order valence-corrected chi connectivity index (χ1v) is 4.89. The molecule has 3 heteroatoms. The van der Waals surface area contributed by atoms with Crippen molar-refractivity contribution in [1.82, 2.24) is 15.3 Å². The molecule has 1 aromatic heterocycles. The fraction of sp³-hybridized carbons (Fsp3) is 0.700. The summed E-state index contributed by atoms with van der Waals surface area (Å²) in [7, 11) is 0. The van der Waals surface area contributed by atoms with Crippen molar-refractivity contribution in [3.8, 4) is 0 Å². The maximum atomic E-state index is 3.98. The number of nitrogens with one attached hydrogen (secondary N) is 2. The van der Waals surface area contributed by atoms with Crippen LogP contribution in [0.1, 0.15) is 32.4 Å². The van der Waals surface area contributed by atoms with Crippen LogP contribution in [0.5, 0.6) is 0 Å². The average molecular weight is 179 g/mol. The monoisotopic (exact) mass is 179 g/mol. The van der Waals surface area contributed by atoms with E-state index in [1.807, 2.05) is 6.20 Å². The molecule has 0 spiro atoms. The summed E-state index contributed by atoms with van der Waals surface area (Å²) in [4.78, 5) is 7.08. The molecule has 1 aliphatic carbocycles. The summed E-state index contributed by atoms with van der Waals surface area (Å²) >= 11 is 0. The molecule has 1 atom stereocenters. The van der Waals surface area contributed by atoms with Gasteiger partial charge in [0.2, 0.25) is 0 Å². The Kier molecular flexibility index (Phi) is 2.12. The average Bonchev–Trinajstić information content (AvgIpc) is 2.55. The second-order valence-electron chi connectivity index (χ2n) is 4.54. The molecule has 2 N–H and O–H groups in total. The first-order valence-electron chi connectivity index (χ1n) is 4.89. The number of hydrogen-bond donors (Lipinski definition) is 2. The maximum Gasteiger partial charge on any atom is 0.0922 e. The van der Waals surface area contributed by atoms with Gasteiger partial charge in [-0.1, -0.05) is 13.8 Å². The summed E-state index contributed by atoms with van der Waals surface area (Å²) in [5.74, 6) is 0. The molecule has 1 saturated carbocycles. The number of hydrogen-bond acceptors (Lipinski definition) is 2. The molecule has 0 saturated heterocycles. The van der Waals surface area contributed by atoms with Crippen molar-refractivity contribution in [2.75, 3.05) is 0 Å². The minimum atomic E-state index is 0.486. The van der Waals surface area contributed by atoms with Crippen molar-refractivity contribution < 1.29 is 0 Å². The van der Waals surface area contributed by atoms with Gasteiger partial charge in [0.15, 0.2) is 0 Å². The van der Waals surface area contributed by atoms with Gasteiger partial charge in [0.25, 0.3) is 0 Å². The Bertz CT molecular complexity index is 264. The van der Waals surface area contributed by atoms with Crippen LogP contribution in [-0.4, -0.2) is 16.0 Å². The number of aromatic amines is 1. The second-order valence-corrected chi connectivity index (χ2v) is 4.54. The molecule has 2 rings (SSSR count). The fourth-order valence-electron chi connectivity index (χ4n) is 1.86. The quantitative estimate of drug-likeness (QED) is 0.741. The highest BCUT2D eigenvalue weighted by Gasteiger charge is 2.37. The maximum absolute atomic E-state index is 3.98. The highest BCUT2D eigenvalue weighted by atomic mass is 15.0. The third-order valence-electron chi connectivity index (χ3n) is 3.11. The lowest BCUT2D eigenvalue weighted by Crippen LogP contribution is -2.49. The Hall–Kier alpha value is -0.830. The van der Waals surface area contributed by atoms with Crippen molar-refractivity contribution in [1.29, 1.82) is 0 Å². The molecule has 1 unspecified atom stereocenters. The van der Waals surface area contributed by atoms with Gasteiger partial charge in [0, 0.05) is 24.5 Å². The SMILES string of the molecule is CC1(C)CCC1NCc1cnc[nH]1. The first kappa shape index (κ1) is 8.75. The molecule has 3 nitrogen and oxygen atoms in total. The molecule has 0 amide bonds. The van der Waals surface area contributed by atoms with Crippen LogP contribution in [-0.2, 0) is 6.54 Å². The minimum Gasteiger partial charge on any atom is -0.347 e. The van der Waals surface area contributed by atoms with Crippen LogP contribution in [0.2, 0.25) is 0 Å². The van der Waals surface area contributed by atoms with Crippen LogP contribution < -0.4 is 5.32 Å². The van der Waals surface area contributed by atoms with Gasteiger partial charge in [0.1, 0.15) is 0 Å². The molecule has 0 aliphatic heterocycles. The van der Waals surface area contributed by atoms with Gasteiger partial charge in [0.05, 0.1) is 6.33 Å². The van der Waals surface area contributed by atoms with Crippen molar-refractivity contribution >= 4 is 0 Å². The van der Waals surface area contributed by atoms with Crippen LogP contribution in [0.15, 0.2) is 12.5 Å². The predicted molar refractivity (Wildman–Crippen MR) is 52.2 cm³/mol. The Balaban J connectivity index is 1.81. The van der Waals surface area contributed by atoms with E-state index in [0.717, 1.165) is 6.54 Å². The van der Waals surface area contributed by atoms with Gasteiger partial charge < -0.3 is 10.3 Å². The topological polar surface area (TPSA) is 40.7 Å². The molecule has 0 aromatic carbocycles. The summed E-state index contributed by atoms with van der Waals surface area (Å²) in [6, 6.07) is 0.677. The van der Waals surface area contributed by atoms with Crippen LogP contribution in [0.3, 0.4) is 0 Å². The van der Waals surface area contributed by atoms with Crippen LogP contribution in [0.25, 0.3) is 0 Å². The number of nitrogens with zero attached hydrogens (tertiary/aromatic N) is 1. The zero-order chi connectivity index (χ0) is 9.31. The van der Waals surface area contributed by atoms with Gasteiger partial charge in [-0.05, 0) is 18.3 Å². The fourth-order valence-corrected chi connectivity index (χ4v) is 1.86. The molecule has 0 radical (unpaired) electrons. The van der Waals surface area contributed by atoms with E-state index in [4.69, 9.17) is 0 Å². The Labute approximate surface area is 79.0 Å². The van der Waals surface area contributed by atoms with Gasteiger partial charge >= 0.3 is 0 Å². The zero-order valence-corrected chi connectivity index (χ0v) is 8.30. The highest BCUT2D eigenvalue weighted by molar-refractivity contribution is 4.98. The normalized spacial score (nSPS) is 25.5. The number of H-pyrrole nitrogens is 1. The largest absolute Gasteiger partial charge is 0.347 e. The minimum absolute atomic E-state index is 0.486. The lowest BCUT2D eigenvalue weighted by atomic mass is 9.67. The smallest absolute Gasteiger partial charge is 0.0922 e. The van der Waals surface area contributed by atoms with Gasteiger partial charge in [-0.2, -0.15) is 0 Å². The molecule has 72 valence electrons. The first-order chi connectivity index (χ1) is 6.18. The van der Waals surface area contributed by atoms with Crippen molar-refractivity contribution in [3.63, 3.8) is 0 Å². The Morgan fingerprint density at radius 3 is 3.00 bits per heavy atom. The van der Waals surface area contributed by atoms with E-state index in [0.29, 0.717) is 11.5 Å². The van der Waals surface area contributed by atoms with E-state index in [9.17, 15) is 0 Å². The molecule has 1 aliphatic rings. The molecule has 1 fully saturated rings. The van der Waals surface area contributed by atoms with E-state index < -0.39 is 0 Å². The van der Waals surface area contributed by atoms with E-state index in [2.05, 4.69) is 29.1 Å². The number of imidazole rings is 1. The van der Waals surface area contributed by atoms with Crippen molar-refractivity contribution in [3.05, 3.63) is 18.2 Å². The van der Waals surface area contributed by atoms with Gasteiger partial charge in [-0.25, -0.2) is 4.98 Å². The summed E-state index contributed by atoms with van der Waals surface area (Å²) in [6.45, 7) is 5.55. The molecule has 1 heterocycles. The Morgan fingerprint density at radius 1 is 1.69 bits per heavy atom. The third kappa shape index (κ3) is 1.75. The molecule has 0 bridgehead atoms. The van der Waals surface area contributed by atoms with E-state index >= 15 is 0 Å². The van der Waals surface area contributed by atoms with Crippen LogP contribution >= 0.6 is 0 Å². The summed E-state index contributed by atoms with van der Waals surface area (Å²) in [5.41, 5.74) is 1.66. The lowest BCUT2D eigenvalue weighted by molar-refractivity contribution is 0.108. The Morgan fingerprint density at radius 2 is 2.54 bits per heavy atom. The molecular weight excluding hydrogens is 162 g/mol. The van der Waals surface area contributed by atoms with Gasteiger partial charge in [-0.3, -0.25) is 0 Å². The summed E-state index contributed by atoms with van der Waals surface area (Å²) in [6.07, 6.45) is 6.25. The van der Waals surface area contributed by atoms with Crippen molar-refractivity contribution in [2.24, 2.45) is 5.41 Å². The van der Waals surface area contributed by atoms with Crippen LogP contribution in [0.4, 0.5) is 0 Å². The lowest BCUT2D eigenvalue weighted by Gasteiger charge is -2.45. The third-order valence-corrected chi connectivity index (χ3v) is 3.11. The van der Waals surface area contributed by atoms with Crippen LogP contribution in [0, 0.1) is 5.41 Å².